The maximum Gasteiger partial charge on any atom is 0.224 e. The van der Waals surface area contributed by atoms with E-state index in [1.54, 1.807) is 0 Å². The lowest BCUT2D eigenvalue weighted by molar-refractivity contribution is -0.0451. The Balaban J connectivity index is 1.93. The Labute approximate surface area is 165 Å². The van der Waals surface area contributed by atoms with Crippen LogP contribution in [0.2, 0.25) is 10.4 Å². The van der Waals surface area contributed by atoms with Crippen LogP contribution in [0.15, 0.2) is 30.3 Å². The summed E-state index contributed by atoms with van der Waals surface area (Å²) in [5.74, 6) is 2.07. The summed E-state index contributed by atoms with van der Waals surface area (Å²) in [4.78, 5) is 8.76. The van der Waals surface area contributed by atoms with Gasteiger partial charge in [0, 0.05) is 0 Å². The molecule has 1 aromatic heterocycles. The summed E-state index contributed by atoms with van der Waals surface area (Å²) in [5, 5.41) is 0.438. The summed E-state index contributed by atoms with van der Waals surface area (Å²) in [5.41, 5.74) is 2.63. The van der Waals surface area contributed by atoms with Crippen LogP contribution >= 0.6 is 46.7 Å². The molecule has 2 aliphatic heterocycles. The minimum Gasteiger partial charge on any atom is -0.346 e. The first-order valence-corrected chi connectivity index (χ1v) is 10.7. The molecule has 2 saturated heterocycles. The molecule has 132 valence electrons. The lowest BCUT2D eigenvalue weighted by Crippen LogP contribution is -2.28. The highest BCUT2D eigenvalue weighted by Crippen LogP contribution is 2.56. The first-order chi connectivity index (χ1) is 12.2. The van der Waals surface area contributed by atoms with Gasteiger partial charge in [0.05, 0.1) is 24.5 Å². The van der Waals surface area contributed by atoms with Crippen molar-refractivity contribution in [1.82, 2.24) is 9.97 Å². The second kappa shape index (κ2) is 7.62. The van der Waals surface area contributed by atoms with Crippen molar-refractivity contribution in [1.29, 1.82) is 0 Å². The molecule has 0 bridgehead atoms. The average molecular weight is 415 g/mol. The van der Waals surface area contributed by atoms with Crippen molar-refractivity contribution in [3.63, 3.8) is 0 Å². The Morgan fingerprint density at radius 2 is 1.68 bits per heavy atom. The van der Waals surface area contributed by atoms with Crippen LogP contribution in [-0.2, 0) is 13.6 Å². The van der Waals surface area contributed by atoms with E-state index in [2.05, 4.69) is 22.1 Å². The number of ether oxygens (including phenoxy) is 2. The summed E-state index contributed by atoms with van der Waals surface area (Å²) >= 11 is 16.4. The van der Waals surface area contributed by atoms with Gasteiger partial charge in [0.15, 0.2) is 6.29 Å². The van der Waals surface area contributed by atoms with Gasteiger partial charge in [-0.25, -0.2) is 9.97 Å². The Morgan fingerprint density at radius 3 is 2.36 bits per heavy atom. The number of nitrogens with zero attached hydrogens (tertiary/aromatic N) is 2. The van der Waals surface area contributed by atoms with E-state index in [-0.39, 0.29) is 5.28 Å². The summed E-state index contributed by atoms with van der Waals surface area (Å²) < 4.78 is 11.0. The minimum absolute atomic E-state index is 0.142. The van der Waals surface area contributed by atoms with Gasteiger partial charge in [-0.05, 0) is 35.1 Å². The van der Waals surface area contributed by atoms with Crippen LogP contribution in [0.3, 0.4) is 0 Å². The monoisotopic (exact) mass is 414 g/mol. The molecule has 0 aliphatic carbocycles. The number of hydrogen-bond donors (Lipinski definition) is 0. The van der Waals surface area contributed by atoms with E-state index in [1.807, 2.05) is 41.7 Å². The first-order valence-electron chi connectivity index (χ1n) is 8.01. The van der Waals surface area contributed by atoms with Gasteiger partial charge in [-0.15, -0.1) is 23.5 Å². The van der Waals surface area contributed by atoms with Crippen LogP contribution in [-0.4, -0.2) is 34.7 Å². The third-order valence-corrected chi connectivity index (χ3v) is 7.92. The van der Waals surface area contributed by atoms with Gasteiger partial charge in [0.2, 0.25) is 5.28 Å². The molecule has 2 aromatic rings. The number of hydrogen-bond acceptors (Lipinski definition) is 6. The minimum atomic E-state index is -0.552. The first kappa shape index (κ1) is 17.9. The van der Waals surface area contributed by atoms with Crippen molar-refractivity contribution in [2.75, 3.05) is 24.7 Å². The molecule has 25 heavy (non-hydrogen) atoms. The zero-order valence-electron chi connectivity index (χ0n) is 13.3. The molecule has 4 rings (SSSR count). The Hall–Kier alpha value is -0.500. The Kier molecular flexibility index (Phi) is 5.46. The van der Waals surface area contributed by atoms with Crippen LogP contribution < -0.4 is 0 Å². The molecule has 0 saturated carbocycles. The van der Waals surface area contributed by atoms with Crippen molar-refractivity contribution in [3.05, 3.63) is 57.6 Å². The Morgan fingerprint density at radius 1 is 1.00 bits per heavy atom. The van der Waals surface area contributed by atoms with Gasteiger partial charge >= 0.3 is 0 Å². The van der Waals surface area contributed by atoms with Gasteiger partial charge in [0.1, 0.15) is 9.23 Å². The molecular weight excluding hydrogens is 399 g/mol. The quantitative estimate of drug-likeness (QED) is 0.525. The zero-order valence-corrected chi connectivity index (χ0v) is 16.4. The summed E-state index contributed by atoms with van der Waals surface area (Å²) in [6.45, 7) is 1.06. The maximum atomic E-state index is 6.47. The third kappa shape index (κ3) is 3.40. The van der Waals surface area contributed by atoms with E-state index >= 15 is 0 Å². The molecule has 0 amide bonds. The zero-order chi connectivity index (χ0) is 17.3. The highest BCUT2D eigenvalue weighted by Gasteiger charge is 2.44. The molecule has 0 unspecified atom stereocenters. The lowest BCUT2D eigenvalue weighted by atomic mass is 10.0. The molecule has 8 heteroatoms. The second-order valence-corrected chi connectivity index (χ2v) is 9.23. The standard InChI is InChI=1S/C17H16Cl2N2O2S2/c18-14-12(15-22-7-8-23-15)13(20-16(19)21-14)17(24-9-4-10-25-17)11-5-2-1-3-6-11/h1-3,5-6,15H,4,7-10H2. The predicted molar refractivity (Wildman–Crippen MR) is 103 cm³/mol. The van der Waals surface area contributed by atoms with Crippen LogP contribution in [0.1, 0.15) is 29.5 Å². The maximum absolute atomic E-state index is 6.47. The molecule has 4 nitrogen and oxygen atoms in total. The predicted octanol–water partition coefficient (Wildman–Crippen LogP) is 4.90. The number of thioether (sulfide) groups is 2. The van der Waals surface area contributed by atoms with E-state index in [0.29, 0.717) is 23.9 Å². The molecule has 0 atom stereocenters. The molecule has 0 spiro atoms. The Bertz CT molecular complexity index is 752. The van der Waals surface area contributed by atoms with Crippen LogP contribution in [0.4, 0.5) is 0 Å². The van der Waals surface area contributed by atoms with Crippen molar-refractivity contribution < 1.29 is 9.47 Å². The molecule has 0 radical (unpaired) electrons. The summed E-state index contributed by atoms with van der Waals surface area (Å²) in [6, 6.07) is 10.3. The van der Waals surface area contributed by atoms with Crippen molar-refractivity contribution in [2.24, 2.45) is 0 Å². The van der Waals surface area contributed by atoms with Crippen LogP contribution in [0.25, 0.3) is 0 Å². The summed E-state index contributed by atoms with van der Waals surface area (Å²) in [7, 11) is 0. The van der Waals surface area contributed by atoms with Crippen molar-refractivity contribution >= 4 is 46.7 Å². The van der Waals surface area contributed by atoms with Crippen molar-refractivity contribution in [3.8, 4) is 0 Å². The van der Waals surface area contributed by atoms with Gasteiger partial charge < -0.3 is 9.47 Å². The fourth-order valence-electron chi connectivity index (χ4n) is 3.03. The smallest absolute Gasteiger partial charge is 0.224 e. The van der Waals surface area contributed by atoms with Crippen LogP contribution in [0, 0.1) is 0 Å². The SMILES string of the molecule is Clc1nc(Cl)c(C2OCCO2)c(C2(c3ccccc3)SCCCS2)n1. The van der Waals surface area contributed by atoms with Crippen molar-refractivity contribution in [2.45, 2.75) is 16.8 Å². The van der Waals surface area contributed by atoms with E-state index in [9.17, 15) is 0 Å². The highest BCUT2D eigenvalue weighted by molar-refractivity contribution is 8.18. The van der Waals surface area contributed by atoms with Gasteiger partial charge in [-0.2, -0.15) is 0 Å². The molecule has 0 N–H and O–H groups in total. The fraction of sp³-hybridized carbons (Fsp3) is 0.412. The molecule has 2 fully saturated rings. The van der Waals surface area contributed by atoms with Gasteiger partial charge in [0.25, 0.3) is 0 Å². The number of rotatable bonds is 3. The van der Waals surface area contributed by atoms with Gasteiger partial charge in [-0.3, -0.25) is 0 Å². The fourth-order valence-corrected chi connectivity index (χ4v) is 6.86. The van der Waals surface area contributed by atoms with E-state index in [0.717, 1.165) is 29.2 Å². The molecular formula is C17H16Cl2N2O2S2. The van der Waals surface area contributed by atoms with E-state index < -0.39 is 10.4 Å². The largest absolute Gasteiger partial charge is 0.346 e. The molecule has 1 aromatic carbocycles. The van der Waals surface area contributed by atoms with Crippen LogP contribution in [0.5, 0.6) is 0 Å². The second-order valence-electron chi connectivity index (χ2n) is 5.65. The van der Waals surface area contributed by atoms with E-state index in [4.69, 9.17) is 32.7 Å². The molecule has 3 heterocycles. The third-order valence-electron chi connectivity index (χ3n) is 4.09. The lowest BCUT2D eigenvalue weighted by Gasteiger charge is -2.37. The molecule has 2 aliphatic rings. The number of benzene rings is 1. The highest BCUT2D eigenvalue weighted by atomic mass is 35.5. The average Bonchev–Trinajstić information content (AvgIpc) is 3.16. The summed E-state index contributed by atoms with van der Waals surface area (Å²) in [6.07, 6.45) is 0.603. The van der Waals surface area contributed by atoms with E-state index in [1.165, 1.54) is 0 Å². The number of aromatic nitrogens is 2. The number of halogens is 2. The normalized spacial score (nSPS) is 20.7. The topological polar surface area (TPSA) is 44.2 Å². The van der Waals surface area contributed by atoms with Gasteiger partial charge in [-0.1, -0.05) is 41.9 Å².